The Morgan fingerprint density at radius 3 is 2.16 bits per heavy atom. The van der Waals surface area contributed by atoms with Gasteiger partial charge < -0.3 is 10.6 Å². The third-order valence-corrected chi connectivity index (χ3v) is 4.72. The zero-order valence-electron chi connectivity index (χ0n) is 16.5. The van der Waals surface area contributed by atoms with Gasteiger partial charge in [0.05, 0.1) is 0 Å². The lowest BCUT2D eigenvalue weighted by atomic mass is 10.1. The average Bonchev–Trinajstić information content (AvgIpc) is 2.80. The SMILES string of the molecule is O=C(Nc1ccc2ccccc2c1)/C(=C\c1ccc(F)cc1)NC(=O)c1ccccc1. The van der Waals surface area contributed by atoms with Gasteiger partial charge in [0.1, 0.15) is 11.5 Å². The molecule has 4 aromatic carbocycles. The maximum atomic E-state index is 13.3. The van der Waals surface area contributed by atoms with E-state index in [1.165, 1.54) is 30.3 Å². The largest absolute Gasteiger partial charge is 0.321 e. The van der Waals surface area contributed by atoms with Crippen LogP contribution in [0.5, 0.6) is 0 Å². The lowest BCUT2D eigenvalue weighted by molar-refractivity contribution is -0.113. The highest BCUT2D eigenvalue weighted by Gasteiger charge is 2.15. The highest BCUT2D eigenvalue weighted by Crippen LogP contribution is 2.19. The van der Waals surface area contributed by atoms with Crippen LogP contribution in [0.3, 0.4) is 0 Å². The Morgan fingerprint density at radius 1 is 0.742 bits per heavy atom. The van der Waals surface area contributed by atoms with E-state index in [1.54, 1.807) is 36.4 Å². The summed E-state index contributed by atoms with van der Waals surface area (Å²) < 4.78 is 13.3. The zero-order valence-corrected chi connectivity index (χ0v) is 16.5. The zero-order chi connectivity index (χ0) is 21.6. The molecule has 31 heavy (non-hydrogen) atoms. The van der Waals surface area contributed by atoms with Crippen LogP contribution in [0.1, 0.15) is 15.9 Å². The van der Waals surface area contributed by atoms with Crippen LogP contribution in [0.2, 0.25) is 0 Å². The summed E-state index contributed by atoms with van der Waals surface area (Å²) in [7, 11) is 0. The number of benzene rings is 4. The van der Waals surface area contributed by atoms with Crippen molar-refractivity contribution < 1.29 is 14.0 Å². The molecular weight excluding hydrogens is 391 g/mol. The number of hydrogen-bond acceptors (Lipinski definition) is 2. The van der Waals surface area contributed by atoms with Crippen LogP contribution in [-0.4, -0.2) is 11.8 Å². The summed E-state index contributed by atoms with van der Waals surface area (Å²) in [4.78, 5) is 25.7. The van der Waals surface area contributed by atoms with Crippen molar-refractivity contribution in [2.45, 2.75) is 0 Å². The van der Waals surface area contributed by atoms with Crippen molar-refractivity contribution in [3.63, 3.8) is 0 Å². The summed E-state index contributed by atoms with van der Waals surface area (Å²) in [5, 5.41) is 7.54. The van der Waals surface area contributed by atoms with Gasteiger partial charge in [-0.15, -0.1) is 0 Å². The number of rotatable bonds is 5. The molecule has 0 unspecified atom stereocenters. The number of carbonyl (C=O) groups excluding carboxylic acids is 2. The first-order chi connectivity index (χ1) is 15.1. The number of nitrogens with one attached hydrogen (secondary N) is 2. The summed E-state index contributed by atoms with van der Waals surface area (Å²) in [6, 6.07) is 27.7. The maximum absolute atomic E-state index is 13.3. The third kappa shape index (κ3) is 5.03. The highest BCUT2D eigenvalue weighted by atomic mass is 19.1. The molecular formula is C26H19FN2O2. The minimum Gasteiger partial charge on any atom is -0.321 e. The van der Waals surface area contributed by atoms with Crippen molar-refractivity contribution >= 4 is 34.4 Å². The fourth-order valence-corrected chi connectivity index (χ4v) is 3.13. The second-order valence-corrected chi connectivity index (χ2v) is 6.95. The molecule has 152 valence electrons. The molecule has 4 rings (SSSR count). The van der Waals surface area contributed by atoms with Crippen molar-refractivity contribution in [3.05, 3.63) is 120 Å². The molecule has 5 heteroatoms. The second-order valence-electron chi connectivity index (χ2n) is 6.95. The quantitative estimate of drug-likeness (QED) is 0.434. The fraction of sp³-hybridized carbons (Fsp3) is 0. The molecule has 0 fully saturated rings. The Labute approximate surface area is 179 Å². The molecule has 2 N–H and O–H groups in total. The first kappa shape index (κ1) is 20.0. The Kier molecular flexibility index (Phi) is 5.85. The lowest BCUT2D eigenvalue weighted by Crippen LogP contribution is -2.30. The molecule has 2 amide bonds. The fourth-order valence-electron chi connectivity index (χ4n) is 3.13. The van der Waals surface area contributed by atoms with Gasteiger partial charge in [0.2, 0.25) is 0 Å². The number of hydrogen-bond donors (Lipinski definition) is 2. The van der Waals surface area contributed by atoms with Crippen molar-refractivity contribution in [2.75, 3.05) is 5.32 Å². The van der Waals surface area contributed by atoms with E-state index in [4.69, 9.17) is 0 Å². The monoisotopic (exact) mass is 410 g/mol. The molecule has 4 aromatic rings. The van der Waals surface area contributed by atoms with E-state index in [1.807, 2.05) is 36.4 Å². The molecule has 0 aliphatic carbocycles. The van der Waals surface area contributed by atoms with Crippen LogP contribution in [0, 0.1) is 5.82 Å². The summed E-state index contributed by atoms with van der Waals surface area (Å²) in [5.41, 5.74) is 1.65. The topological polar surface area (TPSA) is 58.2 Å². The van der Waals surface area contributed by atoms with Crippen LogP contribution >= 0.6 is 0 Å². The number of anilines is 1. The van der Waals surface area contributed by atoms with Crippen LogP contribution in [0.15, 0.2) is 103 Å². The minimum absolute atomic E-state index is 0.0496. The van der Waals surface area contributed by atoms with Gasteiger partial charge in [-0.05, 0) is 58.8 Å². The van der Waals surface area contributed by atoms with E-state index in [-0.39, 0.29) is 11.5 Å². The Hall–Kier alpha value is -4.25. The van der Waals surface area contributed by atoms with Gasteiger partial charge in [-0.3, -0.25) is 9.59 Å². The standard InChI is InChI=1S/C26H19FN2O2/c27-22-13-10-18(11-14-22)16-24(29-25(30)20-7-2-1-3-8-20)26(31)28-23-15-12-19-6-4-5-9-21(19)17-23/h1-17H,(H,28,31)(H,29,30)/b24-16+. The van der Waals surface area contributed by atoms with Gasteiger partial charge in [0, 0.05) is 11.3 Å². The Morgan fingerprint density at radius 2 is 1.42 bits per heavy atom. The van der Waals surface area contributed by atoms with E-state index < -0.39 is 11.8 Å². The van der Waals surface area contributed by atoms with Crippen molar-refractivity contribution in [1.82, 2.24) is 5.32 Å². The Bertz CT molecular complexity index is 1270. The number of halogens is 1. The van der Waals surface area contributed by atoms with E-state index in [0.717, 1.165) is 10.8 Å². The van der Waals surface area contributed by atoms with Crippen LogP contribution in [0.25, 0.3) is 16.8 Å². The molecule has 0 radical (unpaired) electrons. The highest BCUT2D eigenvalue weighted by molar-refractivity contribution is 6.11. The molecule has 0 atom stereocenters. The number of carbonyl (C=O) groups is 2. The van der Waals surface area contributed by atoms with Gasteiger partial charge in [0.25, 0.3) is 11.8 Å². The van der Waals surface area contributed by atoms with E-state index in [9.17, 15) is 14.0 Å². The summed E-state index contributed by atoms with van der Waals surface area (Å²) in [6.07, 6.45) is 1.51. The lowest BCUT2D eigenvalue weighted by Gasteiger charge is -2.12. The smallest absolute Gasteiger partial charge is 0.272 e. The van der Waals surface area contributed by atoms with Crippen LogP contribution < -0.4 is 10.6 Å². The predicted octanol–water partition coefficient (Wildman–Crippen LogP) is 5.39. The first-order valence-corrected chi connectivity index (χ1v) is 9.72. The number of amides is 2. The third-order valence-electron chi connectivity index (χ3n) is 4.72. The van der Waals surface area contributed by atoms with Crippen molar-refractivity contribution in [2.24, 2.45) is 0 Å². The van der Waals surface area contributed by atoms with Crippen LogP contribution in [0.4, 0.5) is 10.1 Å². The van der Waals surface area contributed by atoms with Gasteiger partial charge in [-0.2, -0.15) is 0 Å². The van der Waals surface area contributed by atoms with Crippen LogP contribution in [-0.2, 0) is 4.79 Å². The Balaban J connectivity index is 1.62. The molecule has 0 heterocycles. The van der Waals surface area contributed by atoms with Gasteiger partial charge in [0.15, 0.2) is 0 Å². The second kappa shape index (κ2) is 9.05. The van der Waals surface area contributed by atoms with Gasteiger partial charge in [-0.1, -0.05) is 60.7 Å². The molecule has 0 aromatic heterocycles. The first-order valence-electron chi connectivity index (χ1n) is 9.72. The summed E-state index contributed by atoms with van der Waals surface area (Å²) in [5.74, 6) is -1.28. The normalized spacial score (nSPS) is 11.2. The molecule has 0 bridgehead atoms. The van der Waals surface area contributed by atoms with E-state index in [2.05, 4.69) is 10.6 Å². The molecule has 0 saturated heterocycles. The van der Waals surface area contributed by atoms with E-state index in [0.29, 0.717) is 16.8 Å². The van der Waals surface area contributed by atoms with E-state index >= 15 is 0 Å². The molecule has 0 spiro atoms. The van der Waals surface area contributed by atoms with Crippen molar-refractivity contribution in [1.29, 1.82) is 0 Å². The van der Waals surface area contributed by atoms with Gasteiger partial charge in [-0.25, -0.2) is 4.39 Å². The molecule has 4 nitrogen and oxygen atoms in total. The average molecular weight is 410 g/mol. The summed E-state index contributed by atoms with van der Waals surface area (Å²) in [6.45, 7) is 0. The molecule has 0 saturated carbocycles. The summed E-state index contributed by atoms with van der Waals surface area (Å²) >= 11 is 0. The molecule has 0 aliphatic heterocycles. The number of fused-ring (bicyclic) bond motifs is 1. The minimum atomic E-state index is -0.483. The molecule has 0 aliphatic rings. The van der Waals surface area contributed by atoms with Crippen molar-refractivity contribution in [3.8, 4) is 0 Å². The maximum Gasteiger partial charge on any atom is 0.272 e. The van der Waals surface area contributed by atoms with Gasteiger partial charge >= 0.3 is 0 Å². The predicted molar refractivity (Wildman–Crippen MR) is 121 cm³/mol.